The Balaban J connectivity index is 1.68. The van der Waals surface area contributed by atoms with Crippen molar-refractivity contribution in [3.05, 3.63) is 76.0 Å². The number of aryl methyl sites for hydroxylation is 1. The van der Waals surface area contributed by atoms with Crippen LogP contribution in [0.5, 0.6) is 0 Å². The topological polar surface area (TPSA) is 93.4 Å². The summed E-state index contributed by atoms with van der Waals surface area (Å²) in [6.07, 6.45) is 2.07. The Morgan fingerprint density at radius 1 is 1.09 bits per heavy atom. The van der Waals surface area contributed by atoms with Gasteiger partial charge in [-0.1, -0.05) is 53.5 Å². The van der Waals surface area contributed by atoms with Crippen molar-refractivity contribution in [3.63, 3.8) is 0 Å². The van der Waals surface area contributed by atoms with Crippen molar-refractivity contribution < 1.29 is 13.2 Å². The monoisotopic (exact) mass is 514 g/mol. The first-order valence-corrected chi connectivity index (χ1v) is 13.2. The molecule has 0 bridgehead atoms. The first-order valence-electron chi connectivity index (χ1n) is 10.6. The van der Waals surface area contributed by atoms with Gasteiger partial charge in [0.05, 0.1) is 22.9 Å². The second-order valence-corrected chi connectivity index (χ2v) is 11.3. The van der Waals surface area contributed by atoms with E-state index in [0.29, 0.717) is 39.1 Å². The number of sulfone groups is 1. The number of amides is 1. The maximum atomic E-state index is 13.2. The Morgan fingerprint density at radius 2 is 1.82 bits per heavy atom. The summed E-state index contributed by atoms with van der Waals surface area (Å²) in [5.41, 5.74) is 4.22. The Bertz CT molecular complexity index is 1530. The lowest BCUT2D eigenvalue weighted by molar-refractivity contribution is 0.0942. The predicted molar refractivity (Wildman–Crippen MR) is 133 cm³/mol. The third-order valence-electron chi connectivity index (χ3n) is 5.90. The predicted octanol–water partition coefficient (Wildman–Crippen LogP) is 4.60. The minimum Gasteiger partial charge on any atom is -0.348 e. The molecule has 1 saturated heterocycles. The molecule has 0 aliphatic carbocycles. The highest BCUT2D eigenvalue weighted by Crippen LogP contribution is 2.37. The quantitative estimate of drug-likeness (QED) is 0.429. The number of hydrogen-bond acceptors (Lipinski definition) is 5. The fourth-order valence-corrected chi connectivity index (χ4v) is 6.32. The van der Waals surface area contributed by atoms with Crippen molar-refractivity contribution in [1.29, 1.82) is 0 Å². The van der Waals surface area contributed by atoms with Crippen LogP contribution in [0.2, 0.25) is 10.0 Å². The van der Waals surface area contributed by atoms with Crippen LogP contribution in [0.1, 0.15) is 22.5 Å². The summed E-state index contributed by atoms with van der Waals surface area (Å²) in [4.78, 5) is 17.8. The zero-order valence-corrected chi connectivity index (χ0v) is 20.5. The first kappa shape index (κ1) is 22.8. The van der Waals surface area contributed by atoms with Crippen LogP contribution >= 0.6 is 23.2 Å². The average molecular weight is 515 g/mol. The van der Waals surface area contributed by atoms with Crippen LogP contribution in [-0.4, -0.2) is 46.5 Å². The van der Waals surface area contributed by atoms with Crippen LogP contribution in [0.25, 0.3) is 28.0 Å². The van der Waals surface area contributed by atoms with E-state index in [1.54, 1.807) is 35.8 Å². The Kier molecular flexibility index (Phi) is 5.83. The van der Waals surface area contributed by atoms with Gasteiger partial charge in [0, 0.05) is 39.0 Å². The number of aromatic nitrogens is 3. The molecule has 2 aromatic carbocycles. The standard InChI is InChI=1S/C24H20Cl2N4O3S/c1-14-21(24(31)28-17-10-11-34(32,33)13-17)23-27-12-19(18-4-2-3-5-20(18)26)22(30(23)29-14)15-6-8-16(25)9-7-15/h2-9,12,17H,10-11,13H2,1H3,(H,28,31)/t17-/m0/s1. The van der Waals surface area contributed by atoms with E-state index in [1.165, 1.54) is 0 Å². The van der Waals surface area contributed by atoms with Crippen LogP contribution in [-0.2, 0) is 9.84 Å². The van der Waals surface area contributed by atoms with Gasteiger partial charge in [0.1, 0.15) is 5.56 Å². The molecule has 7 nitrogen and oxygen atoms in total. The van der Waals surface area contributed by atoms with E-state index < -0.39 is 21.8 Å². The van der Waals surface area contributed by atoms with Gasteiger partial charge in [-0.2, -0.15) is 5.10 Å². The smallest absolute Gasteiger partial charge is 0.257 e. The summed E-state index contributed by atoms with van der Waals surface area (Å²) in [6, 6.07) is 14.3. The lowest BCUT2D eigenvalue weighted by atomic mass is 10.0. The summed E-state index contributed by atoms with van der Waals surface area (Å²) in [6.45, 7) is 1.73. The lowest BCUT2D eigenvalue weighted by Crippen LogP contribution is -2.35. The molecule has 1 fully saturated rings. The molecule has 0 unspecified atom stereocenters. The molecule has 0 spiro atoms. The van der Waals surface area contributed by atoms with E-state index in [9.17, 15) is 13.2 Å². The number of nitrogens with zero attached hydrogens (tertiary/aromatic N) is 3. The zero-order valence-electron chi connectivity index (χ0n) is 18.1. The highest BCUT2D eigenvalue weighted by Gasteiger charge is 2.31. The summed E-state index contributed by atoms with van der Waals surface area (Å²) in [7, 11) is -3.12. The number of nitrogens with one attached hydrogen (secondary N) is 1. The lowest BCUT2D eigenvalue weighted by Gasteiger charge is -2.14. The normalized spacial score (nSPS) is 17.2. The maximum Gasteiger partial charge on any atom is 0.257 e. The van der Waals surface area contributed by atoms with Crippen molar-refractivity contribution in [2.75, 3.05) is 11.5 Å². The highest BCUT2D eigenvalue weighted by atomic mass is 35.5. The molecule has 174 valence electrons. The van der Waals surface area contributed by atoms with Gasteiger partial charge in [-0.05, 0) is 31.5 Å². The van der Waals surface area contributed by atoms with Crippen molar-refractivity contribution in [1.82, 2.24) is 19.9 Å². The van der Waals surface area contributed by atoms with Gasteiger partial charge in [0.15, 0.2) is 15.5 Å². The van der Waals surface area contributed by atoms with Gasteiger partial charge < -0.3 is 5.32 Å². The maximum absolute atomic E-state index is 13.2. The fourth-order valence-electron chi connectivity index (χ4n) is 4.29. The van der Waals surface area contributed by atoms with E-state index >= 15 is 0 Å². The summed E-state index contributed by atoms with van der Waals surface area (Å²) >= 11 is 12.6. The molecule has 1 atom stereocenters. The molecule has 1 aliphatic heterocycles. The molecule has 0 saturated carbocycles. The summed E-state index contributed by atoms with van der Waals surface area (Å²) < 4.78 is 25.3. The number of rotatable bonds is 4. The molecule has 1 aliphatic rings. The molecule has 10 heteroatoms. The second-order valence-electron chi connectivity index (χ2n) is 8.28. The minimum absolute atomic E-state index is 0.0584. The minimum atomic E-state index is -3.12. The van der Waals surface area contributed by atoms with Crippen LogP contribution in [0.15, 0.2) is 54.7 Å². The summed E-state index contributed by atoms with van der Waals surface area (Å²) in [5.74, 6) is -0.377. The third-order valence-corrected chi connectivity index (χ3v) is 8.24. The zero-order chi connectivity index (χ0) is 24.0. The van der Waals surface area contributed by atoms with E-state index in [0.717, 1.165) is 16.7 Å². The van der Waals surface area contributed by atoms with Gasteiger partial charge in [-0.3, -0.25) is 4.79 Å². The molecule has 2 aromatic heterocycles. The summed E-state index contributed by atoms with van der Waals surface area (Å²) in [5, 5.41) is 8.65. The fraction of sp³-hybridized carbons (Fsp3) is 0.208. The van der Waals surface area contributed by atoms with Gasteiger partial charge >= 0.3 is 0 Å². The molecule has 1 N–H and O–H groups in total. The molecule has 3 heterocycles. The van der Waals surface area contributed by atoms with Crippen LogP contribution in [0.4, 0.5) is 0 Å². The molecule has 0 radical (unpaired) electrons. The third kappa shape index (κ3) is 4.17. The van der Waals surface area contributed by atoms with Crippen LogP contribution < -0.4 is 5.32 Å². The number of fused-ring (bicyclic) bond motifs is 1. The van der Waals surface area contributed by atoms with E-state index in [-0.39, 0.29) is 11.5 Å². The molecular weight excluding hydrogens is 495 g/mol. The Labute approximate surface area is 206 Å². The van der Waals surface area contributed by atoms with E-state index in [2.05, 4.69) is 15.4 Å². The Morgan fingerprint density at radius 3 is 2.50 bits per heavy atom. The van der Waals surface area contributed by atoms with Crippen molar-refractivity contribution in [2.24, 2.45) is 0 Å². The Hall–Kier alpha value is -2.94. The number of hydrogen-bond donors (Lipinski definition) is 1. The number of benzene rings is 2. The first-order chi connectivity index (χ1) is 16.2. The number of carbonyl (C=O) groups excluding carboxylic acids is 1. The van der Waals surface area contributed by atoms with Crippen molar-refractivity contribution >= 4 is 44.6 Å². The number of carbonyl (C=O) groups is 1. The molecule has 1 amide bonds. The van der Waals surface area contributed by atoms with Gasteiger partial charge in [-0.25, -0.2) is 17.9 Å². The van der Waals surface area contributed by atoms with E-state index in [1.807, 2.05) is 30.3 Å². The molecule has 5 rings (SSSR count). The van der Waals surface area contributed by atoms with Gasteiger partial charge in [0.25, 0.3) is 5.91 Å². The highest BCUT2D eigenvalue weighted by molar-refractivity contribution is 7.91. The SMILES string of the molecule is Cc1nn2c(-c3ccc(Cl)cc3)c(-c3ccccc3Cl)cnc2c1C(=O)N[C@H]1CCS(=O)(=O)C1. The van der Waals surface area contributed by atoms with Crippen LogP contribution in [0, 0.1) is 6.92 Å². The largest absolute Gasteiger partial charge is 0.348 e. The van der Waals surface area contributed by atoms with Gasteiger partial charge in [-0.15, -0.1) is 0 Å². The molecule has 34 heavy (non-hydrogen) atoms. The van der Waals surface area contributed by atoms with E-state index in [4.69, 9.17) is 23.2 Å². The average Bonchev–Trinajstić information content (AvgIpc) is 3.31. The molecule has 4 aromatic rings. The second kappa shape index (κ2) is 8.69. The van der Waals surface area contributed by atoms with Crippen LogP contribution in [0.3, 0.4) is 0 Å². The van der Waals surface area contributed by atoms with Crippen molar-refractivity contribution in [2.45, 2.75) is 19.4 Å². The van der Waals surface area contributed by atoms with Gasteiger partial charge in [0.2, 0.25) is 0 Å². The van der Waals surface area contributed by atoms with Crippen molar-refractivity contribution in [3.8, 4) is 22.4 Å². The number of halogens is 2. The molecular formula is C24H20Cl2N4O3S.